The van der Waals surface area contributed by atoms with Crippen LogP contribution in [0, 0.1) is 0 Å². The number of hydrogen-bond acceptors (Lipinski definition) is 2. The van der Waals surface area contributed by atoms with Crippen LogP contribution in [0.3, 0.4) is 0 Å². The molecule has 3 nitrogen and oxygen atoms in total. The second-order valence-electron chi connectivity index (χ2n) is 5.43. The Balaban J connectivity index is 2.00. The minimum atomic E-state index is 0.0657. The topological polar surface area (TPSA) is 34.0 Å². The van der Waals surface area contributed by atoms with Gasteiger partial charge < -0.3 is 9.88 Å². The molecule has 1 aliphatic carbocycles. The van der Waals surface area contributed by atoms with E-state index in [1.165, 1.54) is 12.8 Å². The smallest absolute Gasteiger partial charge is 0.268 e. The minimum absolute atomic E-state index is 0.0657. The summed E-state index contributed by atoms with van der Waals surface area (Å²) in [7, 11) is 0. The summed E-state index contributed by atoms with van der Waals surface area (Å²) in [5.41, 5.74) is 0.769. The second kappa shape index (κ2) is 7.55. The summed E-state index contributed by atoms with van der Waals surface area (Å²) >= 11 is 5.39. The van der Waals surface area contributed by atoms with Crippen molar-refractivity contribution in [3.8, 4) is 0 Å². The first-order valence-electron chi connectivity index (χ1n) is 7.33. The molecule has 2 unspecified atom stereocenters. The van der Waals surface area contributed by atoms with Gasteiger partial charge in [-0.15, -0.1) is 0 Å². The van der Waals surface area contributed by atoms with Gasteiger partial charge in [0.05, 0.1) is 0 Å². The van der Waals surface area contributed by atoms with Gasteiger partial charge in [0, 0.05) is 28.5 Å². The lowest BCUT2D eigenvalue weighted by atomic mass is 9.95. The van der Waals surface area contributed by atoms with Gasteiger partial charge in [-0.2, -0.15) is 11.8 Å². The van der Waals surface area contributed by atoms with E-state index in [0.717, 1.165) is 36.0 Å². The van der Waals surface area contributed by atoms with E-state index in [1.807, 2.05) is 28.6 Å². The van der Waals surface area contributed by atoms with Crippen molar-refractivity contribution in [2.45, 2.75) is 56.9 Å². The molecule has 0 radical (unpaired) electrons. The molecule has 0 bridgehead atoms. The van der Waals surface area contributed by atoms with Crippen LogP contribution < -0.4 is 5.32 Å². The fourth-order valence-electron chi connectivity index (χ4n) is 2.84. The van der Waals surface area contributed by atoms with Crippen LogP contribution in [0.5, 0.6) is 0 Å². The molecule has 1 fully saturated rings. The number of amides is 1. The lowest BCUT2D eigenvalue weighted by Gasteiger charge is -2.28. The van der Waals surface area contributed by atoms with Crippen LogP contribution in [-0.2, 0) is 6.54 Å². The Hall–Kier alpha value is -0.420. The van der Waals surface area contributed by atoms with Gasteiger partial charge in [-0.25, -0.2) is 0 Å². The highest BCUT2D eigenvalue weighted by Gasteiger charge is 2.24. The summed E-state index contributed by atoms with van der Waals surface area (Å²) in [4.78, 5) is 12.5. The predicted molar refractivity (Wildman–Crippen MR) is 89.4 cm³/mol. The summed E-state index contributed by atoms with van der Waals surface area (Å²) in [5.74, 6) is 0.0657. The third-order valence-electron chi connectivity index (χ3n) is 3.85. The summed E-state index contributed by atoms with van der Waals surface area (Å²) in [6, 6.07) is 2.25. The van der Waals surface area contributed by atoms with Crippen LogP contribution >= 0.6 is 27.7 Å². The van der Waals surface area contributed by atoms with Gasteiger partial charge in [0.2, 0.25) is 0 Å². The average Bonchev–Trinajstić information content (AvgIpc) is 2.80. The molecule has 0 spiro atoms. The molecule has 1 saturated carbocycles. The predicted octanol–water partition coefficient (Wildman–Crippen LogP) is 4.06. The largest absolute Gasteiger partial charge is 0.348 e. The Labute approximate surface area is 134 Å². The molecule has 1 amide bonds. The standard InChI is InChI=1S/C15H23BrN2OS/c1-3-7-18-10-11(16)8-14(18)15(19)17-12-5-4-6-13(9-12)20-2/h8,10,12-13H,3-7,9H2,1-2H3,(H,17,19). The van der Waals surface area contributed by atoms with Crippen molar-refractivity contribution in [2.75, 3.05) is 6.26 Å². The first-order chi connectivity index (χ1) is 9.63. The molecule has 1 aromatic rings. The number of aromatic nitrogens is 1. The molecule has 1 N–H and O–H groups in total. The van der Waals surface area contributed by atoms with Gasteiger partial charge in [-0.1, -0.05) is 13.3 Å². The number of nitrogens with one attached hydrogen (secondary N) is 1. The number of nitrogens with zero attached hydrogens (tertiary/aromatic N) is 1. The summed E-state index contributed by atoms with van der Waals surface area (Å²) in [6.07, 6.45) is 9.89. The molecular weight excluding hydrogens is 336 g/mol. The summed E-state index contributed by atoms with van der Waals surface area (Å²) in [6.45, 7) is 3.01. The first-order valence-corrected chi connectivity index (χ1v) is 9.41. The Morgan fingerprint density at radius 1 is 1.55 bits per heavy atom. The molecule has 5 heteroatoms. The number of aryl methyl sites for hydroxylation is 1. The van der Waals surface area contributed by atoms with E-state index in [9.17, 15) is 4.79 Å². The molecule has 1 aliphatic rings. The first kappa shape index (κ1) is 16.0. The molecule has 112 valence electrons. The zero-order chi connectivity index (χ0) is 14.5. The van der Waals surface area contributed by atoms with Crippen LogP contribution in [0.4, 0.5) is 0 Å². The number of hydrogen-bond donors (Lipinski definition) is 1. The van der Waals surface area contributed by atoms with Crippen molar-refractivity contribution in [3.63, 3.8) is 0 Å². The lowest BCUT2D eigenvalue weighted by Crippen LogP contribution is -2.39. The third kappa shape index (κ3) is 4.04. The van der Waals surface area contributed by atoms with Crippen molar-refractivity contribution in [3.05, 3.63) is 22.4 Å². The van der Waals surface area contributed by atoms with Crippen molar-refractivity contribution in [1.82, 2.24) is 9.88 Å². The number of carbonyl (C=O) groups excluding carboxylic acids is 1. The molecule has 0 aliphatic heterocycles. The number of thioether (sulfide) groups is 1. The maximum absolute atomic E-state index is 12.5. The molecule has 1 heterocycles. The van der Waals surface area contributed by atoms with Gasteiger partial charge in [0.25, 0.3) is 5.91 Å². The molecule has 20 heavy (non-hydrogen) atoms. The molecule has 1 aromatic heterocycles. The highest BCUT2D eigenvalue weighted by molar-refractivity contribution is 9.10. The third-order valence-corrected chi connectivity index (χ3v) is 5.38. The Bertz CT molecular complexity index is 461. The number of rotatable bonds is 5. The Morgan fingerprint density at radius 2 is 2.35 bits per heavy atom. The normalized spacial score (nSPS) is 22.8. The monoisotopic (exact) mass is 358 g/mol. The van der Waals surface area contributed by atoms with Crippen LogP contribution in [0.25, 0.3) is 0 Å². The van der Waals surface area contributed by atoms with Crippen molar-refractivity contribution < 1.29 is 4.79 Å². The summed E-state index contributed by atoms with van der Waals surface area (Å²) < 4.78 is 3.01. The highest BCUT2D eigenvalue weighted by atomic mass is 79.9. The van der Waals surface area contributed by atoms with Crippen molar-refractivity contribution >= 4 is 33.6 Å². The molecule has 0 aromatic carbocycles. The van der Waals surface area contributed by atoms with Gasteiger partial charge in [0.15, 0.2) is 0 Å². The average molecular weight is 359 g/mol. The fourth-order valence-corrected chi connectivity index (χ4v) is 4.13. The van der Waals surface area contributed by atoms with Gasteiger partial charge in [0.1, 0.15) is 5.69 Å². The minimum Gasteiger partial charge on any atom is -0.348 e. The molecular formula is C15H23BrN2OS. The van der Waals surface area contributed by atoms with E-state index < -0.39 is 0 Å². The van der Waals surface area contributed by atoms with E-state index in [4.69, 9.17) is 0 Å². The van der Waals surface area contributed by atoms with Gasteiger partial charge >= 0.3 is 0 Å². The number of carbonyl (C=O) groups is 1. The van der Waals surface area contributed by atoms with Crippen LogP contribution in [0.1, 0.15) is 49.5 Å². The van der Waals surface area contributed by atoms with Gasteiger partial charge in [-0.3, -0.25) is 4.79 Å². The second-order valence-corrected chi connectivity index (χ2v) is 7.49. The van der Waals surface area contributed by atoms with Crippen molar-refractivity contribution in [2.24, 2.45) is 0 Å². The quantitative estimate of drug-likeness (QED) is 0.860. The van der Waals surface area contributed by atoms with E-state index in [1.54, 1.807) is 0 Å². The van der Waals surface area contributed by atoms with Crippen LogP contribution in [0.2, 0.25) is 0 Å². The molecule has 2 rings (SSSR count). The van der Waals surface area contributed by atoms with E-state index in [0.29, 0.717) is 11.3 Å². The Kier molecular flexibility index (Phi) is 6.02. The maximum Gasteiger partial charge on any atom is 0.268 e. The SMILES string of the molecule is CCCn1cc(Br)cc1C(=O)NC1CCCC(SC)C1. The van der Waals surface area contributed by atoms with Crippen LogP contribution in [-0.4, -0.2) is 28.0 Å². The highest BCUT2D eigenvalue weighted by Crippen LogP contribution is 2.27. The Morgan fingerprint density at radius 3 is 3.05 bits per heavy atom. The van der Waals surface area contributed by atoms with E-state index in [-0.39, 0.29) is 5.91 Å². The van der Waals surface area contributed by atoms with E-state index in [2.05, 4.69) is 34.4 Å². The molecule has 2 atom stereocenters. The lowest BCUT2D eigenvalue weighted by molar-refractivity contribution is 0.0919. The maximum atomic E-state index is 12.5. The van der Waals surface area contributed by atoms with Gasteiger partial charge in [-0.05, 0) is 53.9 Å². The number of halogens is 1. The fraction of sp³-hybridized carbons (Fsp3) is 0.667. The zero-order valence-electron chi connectivity index (χ0n) is 12.2. The zero-order valence-corrected chi connectivity index (χ0v) is 14.6. The van der Waals surface area contributed by atoms with E-state index >= 15 is 0 Å². The summed E-state index contributed by atoms with van der Waals surface area (Å²) in [5, 5.41) is 3.92. The molecule has 0 saturated heterocycles. The van der Waals surface area contributed by atoms with Crippen molar-refractivity contribution in [1.29, 1.82) is 0 Å². The van der Waals surface area contributed by atoms with Crippen LogP contribution in [0.15, 0.2) is 16.7 Å².